The number of carbonyl (C=O) groups excluding carboxylic acids is 1. The third-order valence-electron chi connectivity index (χ3n) is 3.09. The highest BCUT2D eigenvalue weighted by atomic mass is 16.4. The van der Waals surface area contributed by atoms with E-state index >= 15 is 0 Å². The lowest BCUT2D eigenvalue weighted by molar-refractivity contribution is -0.138. The summed E-state index contributed by atoms with van der Waals surface area (Å²) in [6.45, 7) is 5.12. The predicted molar refractivity (Wildman–Crippen MR) is 64.3 cm³/mol. The number of carbonyl (C=O) groups is 2. The van der Waals surface area contributed by atoms with E-state index in [2.05, 4.69) is 6.58 Å². The molecular weight excluding hydrogens is 220 g/mol. The largest absolute Gasteiger partial charge is 0.480 e. The van der Waals surface area contributed by atoms with Crippen LogP contribution in [0, 0.1) is 5.92 Å². The first-order valence-electron chi connectivity index (χ1n) is 5.93. The van der Waals surface area contributed by atoms with Gasteiger partial charge in [0.25, 0.3) is 0 Å². The van der Waals surface area contributed by atoms with Gasteiger partial charge in [-0.05, 0) is 19.3 Å². The summed E-state index contributed by atoms with van der Waals surface area (Å²) in [6, 6.07) is -0.787. The third kappa shape index (κ3) is 4.19. The van der Waals surface area contributed by atoms with Crippen molar-refractivity contribution in [3.63, 3.8) is 0 Å². The Kier molecular flexibility index (Phi) is 5.15. The van der Waals surface area contributed by atoms with E-state index in [1.54, 1.807) is 0 Å². The first kappa shape index (κ1) is 13.7. The average Bonchev–Trinajstić information content (AvgIpc) is 2.65. The van der Waals surface area contributed by atoms with E-state index in [0.717, 1.165) is 19.4 Å². The number of hydrogen-bond acceptors (Lipinski definition) is 3. The maximum Gasteiger partial charge on any atom is 0.320 e. The van der Waals surface area contributed by atoms with Crippen molar-refractivity contribution in [2.75, 3.05) is 13.1 Å². The van der Waals surface area contributed by atoms with Gasteiger partial charge in [-0.1, -0.05) is 6.08 Å². The van der Waals surface area contributed by atoms with Crippen molar-refractivity contribution in [3.05, 3.63) is 12.7 Å². The zero-order valence-electron chi connectivity index (χ0n) is 9.97. The van der Waals surface area contributed by atoms with Crippen LogP contribution in [-0.4, -0.2) is 41.0 Å². The first-order chi connectivity index (χ1) is 8.04. The predicted octanol–water partition coefficient (Wildman–Crippen LogP) is 0.603. The Balaban J connectivity index is 2.17. The van der Waals surface area contributed by atoms with Crippen LogP contribution in [0.2, 0.25) is 0 Å². The summed E-state index contributed by atoms with van der Waals surface area (Å²) in [5.41, 5.74) is 5.39. The molecule has 1 saturated heterocycles. The molecule has 3 N–H and O–H groups in total. The van der Waals surface area contributed by atoms with Gasteiger partial charge in [0.1, 0.15) is 6.04 Å². The maximum atomic E-state index is 11.5. The molecule has 96 valence electrons. The molecule has 5 heteroatoms. The number of hydrogen-bond donors (Lipinski definition) is 2. The van der Waals surface area contributed by atoms with Gasteiger partial charge < -0.3 is 15.7 Å². The second kappa shape index (κ2) is 6.39. The Morgan fingerprint density at radius 3 is 2.88 bits per heavy atom. The normalized spacial score (nSPS) is 21.6. The van der Waals surface area contributed by atoms with E-state index < -0.39 is 12.0 Å². The molecule has 5 nitrogen and oxygen atoms in total. The van der Waals surface area contributed by atoms with Crippen molar-refractivity contribution in [3.8, 4) is 0 Å². The van der Waals surface area contributed by atoms with Gasteiger partial charge in [-0.15, -0.1) is 6.58 Å². The number of unbranched alkanes of at least 4 members (excludes halogenated alkanes) is 1. The quantitative estimate of drug-likeness (QED) is 0.504. The summed E-state index contributed by atoms with van der Waals surface area (Å²) in [7, 11) is 0. The Morgan fingerprint density at radius 1 is 1.65 bits per heavy atom. The van der Waals surface area contributed by atoms with E-state index in [9.17, 15) is 9.59 Å². The van der Waals surface area contributed by atoms with Crippen molar-refractivity contribution < 1.29 is 14.7 Å². The molecule has 2 unspecified atom stereocenters. The molecule has 2 atom stereocenters. The van der Waals surface area contributed by atoms with Crippen LogP contribution in [0.3, 0.4) is 0 Å². The van der Waals surface area contributed by atoms with Gasteiger partial charge in [-0.3, -0.25) is 9.59 Å². The third-order valence-corrected chi connectivity index (χ3v) is 3.09. The number of carboxylic acids is 1. The molecule has 1 rings (SSSR count). The second-order valence-corrected chi connectivity index (χ2v) is 4.48. The van der Waals surface area contributed by atoms with Gasteiger partial charge in [0.05, 0.1) is 0 Å². The Bertz CT molecular complexity index is 304. The summed E-state index contributed by atoms with van der Waals surface area (Å²) in [6.07, 6.45) is 4.37. The number of carboxylic acid groups (broad SMARTS) is 1. The number of amides is 1. The van der Waals surface area contributed by atoms with Crippen molar-refractivity contribution >= 4 is 11.9 Å². The highest BCUT2D eigenvalue weighted by molar-refractivity contribution is 5.78. The van der Waals surface area contributed by atoms with Crippen LogP contribution < -0.4 is 5.73 Å². The molecule has 1 aliphatic heterocycles. The zero-order valence-corrected chi connectivity index (χ0v) is 9.97. The second-order valence-electron chi connectivity index (χ2n) is 4.48. The summed E-state index contributed by atoms with van der Waals surface area (Å²) >= 11 is 0. The number of rotatable bonds is 7. The summed E-state index contributed by atoms with van der Waals surface area (Å²) in [5.74, 6) is -0.532. The van der Waals surface area contributed by atoms with Gasteiger partial charge in [-0.25, -0.2) is 0 Å². The molecule has 1 fully saturated rings. The summed E-state index contributed by atoms with van der Waals surface area (Å²) in [4.78, 5) is 23.8. The van der Waals surface area contributed by atoms with E-state index in [1.165, 1.54) is 0 Å². The standard InChI is InChI=1S/C12H20N2O3/c1-2-9-7-11(15)14(8-9)6-4-3-5-10(13)12(16)17/h2,9-10H,1,3-8,13H2,(H,16,17). The minimum absolute atomic E-state index is 0.164. The number of nitrogens with zero attached hydrogens (tertiary/aromatic N) is 1. The van der Waals surface area contributed by atoms with E-state index in [-0.39, 0.29) is 11.8 Å². The number of aliphatic carboxylic acids is 1. The lowest BCUT2D eigenvalue weighted by atomic mass is 10.1. The molecule has 0 aromatic heterocycles. The summed E-state index contributed by atoms with van der Waals surface area (Å²) < 4.78 is 0. The number of nitrogens with two attached hydrogens (primary N) is 1. The van der Waals surface area contributed by atoms with Gasteiger partial charge in [-0.2, -0.15) is 0 Å². The smallest absolute Gasteiger partial charge is 0.320 e. The highest BCUT2D eigenvalue weighted by Gasteiger charge is 2.26. The minimum Gasteiger partial charge on any atom is -0.480 e. The molecule has 0 radical (unpaired) electrons. The fourth-order valence-electron chi connectivity index (χ4n) is 1.97. The van der Waals surface area contributed by atoms with Crippen LogP contribution in [0.15, 0.2) is 12.7 Å². The fraction of sp³-hybridized carbons (Fsp3) is 0.667. The molecule has 0 saturated carbocycles. The fourth-order valence-corrected chi connectivity index (χ4v) is 1.97. The molecule has 0 aromatic carbocycles. The monoisotopic (exact) mass is 240 g/mol. The first-order valence-corrected chi connectivity index (χ1v) is 5.93. The summed E-state index contributed by atoms with van der Waals surface area (Å²) in [5, 5.41) is 8.60. The van der Waals surface area contributed by atoms with Crippen LogP contribution in [0.4, 0.5) is 0 Å². The van der Waals surface area contributed by atoms with Crippen molar-refractivity contribution in [1.82, 2.24) is 4.90 Å². The zero-order chi connectivity index (χ0) is 12.8. The van der Waals surface area contributed by atoms with E-state index in [1.807, 2.05) is 11.0 Å². The minimum atomic E-state index is -0.964. The molecule has 1 heterocycles. The maximum absolute atomic E-state index is 11.5. The van der Waals surface area contributed by atoms with Crippen LogP contribution in [0.25, 0.3) is 0 Å². The SMILES string of the molecule is C=CC1CC(=O)N(CCCCC(N)C(=O)O)C1. The van der Waals surface area contributed by atoms with E-state index in [0.29, 0.717) is 19.4 Å². The molecule has 0 bridgehead atoms. The molecule has 1 amide bonds. The van der Waals surface area contributed by atoms with Crippen molar-refractivity contribution in [1.29, 1.82) is 0 Å². The van der Waals surface area contributed by atoms with E-state index in [4.69, 9.17) is 10.8 Å². The lowest BCUT2D eigenvalue weighted by Gasteiger charge is -2.16. The lowest BCUT2D eigenvalue weighted by Crippen LogP contribution is -2.30. The average molecular weight is 240 g/mol. The number of likely N-dealkylation sites (tertiary alicyclic amines) is 1. The molecule has 1 aliphatic rings. The molecule has 17 heavy (non-hydrogen) atoms. The van der Waals surface area contributed by atoms with Crippen molar-refractivity contribution in [2.24, 2.45) is 11.7 Å². The Hall–Kier alpha value is -1.36. The topological polar surface area (TPSA) is 83.6 Å². The van der Waals surface area contributed by atoms with Gasteiger partial charge in [0, 0.05) is 25.4 Å². The van der Waals surface area contributed by atoms with Crippen LogP contribution >= 0.6 is 0 Å². The van der Waals surface area contributed by atoms with Gasteiger partial charge >= 0.3 is 5.97 Å². The molecule has 0 aliphatic carbocycles. The van der Waals surface area contributed by atoms with Crippen LogP contribution in [0.1, 0.15) is 25.7 Å². The van der Waals surface area contributed by atoms with Crippen LogP contribution in [0.5, 0.6) is 0 Å². The Labute approximate surface area is 101 Å². The molecule has 0 spiro atoms. The van der Waals surface area contributed by atoms with Gasteiger partial charge in [0.15, 0.2) is 0 Å². The molecular formula is C12H20N2O3. The highest BCUT2D eigenvalue weighted by Crippen LogP contribution is 2.18. The Morgan fingerprint density at radius 2 is 2.35 bits per heavy atom. The van der Waals surface area contributed by atoms with Crippen LogP contribution in [-0.2, 0) is 9.59 Å². The van der Waals surface area contributed by atoms with Crippen molar-refractivity contribution in [2.45, 2.75) is 31.7 Å². The molecule has 0 aromatic rings. The van der Waals surface area contributed by atoms with Gasteiger partial charge in [0.2, 0.25) is 5.91 Å².